The van der Waals surface area contributed by atoms with E-state index in [2.05, 4.69) is 16.5 Å². The molecule has 1 aromatic heterocycles. The lowest BCUT2D eigenvalue weighted by molar-refractivity contribution is 0.0690. The summed E-state index contributed by atoms with van der Waals surface area (Å²) in [7, 11) is 0. The Hall–Kier alpha value is -1.56. The van der Waals surface area contributed by atoms with E-state index in [1.54, 1.807) is 6.92 Å². The van der Waals surface area contributed by atoms with Crippen LogP contribution in [0.4, 0.5) is 0 Å². The number of nitrogens with one attached hydrogen (secondary N) is 1. The monoisotopic (exact) mass is 254 g/mol. The first-order chi connectivity index (χ1) is 7.95. The van der Waals surface area contributed by atoms with Gasteiger partial charge in [0, 0.05) is 11.4 Å². The van der Waals surface area contributed by atoms with E-state index in [9.17, 15) is 9.59 Å². The molecule has 17 heavy (non-hydrogen) atoms. The number of aromatic carboxylic acids is 1. The predicted octanol–water partition coefficient (Wildman–Crippen LogP) is 1.83. The van der Waals surface area contributed by atoms with Gasteiger partial charge in [-0.2, -0.15) is 4.98 Å². The van der Waals surface area contributed by atoms with Crippen LogP contribution in [0.15, 0.2) is 22.0 Å². The number of carboxylic acids is 1. The highest BCUT2D eigenvalue weighted by atomic mass is 32.2. The molecule has 0 aliphatic carbocycles. The summed E-state index contributed by atoms with van der Waals surface area (Å²) in [4.78, 5) is 28.3. The van der Waals surface area contributed by atoms with Gasteiger partial charge in [-0.1, -0.05) is 19.1 Å². The molecule has 0 spiro atoms. The van der Waals surface area contributed by atoms with Crippen molar-refractivity contribution < 1.29 is 9.90 Å². The maximum Gasteiger partial charge on any atom is 0.346 e. The number of hydrogen-bond donors (Lipinski definition) is 2. The van der Waals surface area contributed by atoms with Crippen LogP contribution in [-0.2, 0) is 0 Å². The standard InChI is InChI=1S/C11H14N2O3S/c1-4-6(2)5-17-9-8(10(14)15)7(3)12-11(16)13-9/h2,4-5H2,1,3H3,(H,14,15)(H,12,13,16). The average molecular weight is 254 g/mol. The molecular weight excluding hydrogens is 240 g/mol. The fraction of sp³-hybridized carbons (Fsp3) is 0.364. The van der Waals surface area contributed by atoms with Gasteiger partial charge in [0.05, 0.1) is 0 Å². The smallest absolute Gasteiger partial charge is 0.346 e. The Balaban J connectivity index is 3.08. The van der Waals surface area contributed by atoms with Gasteiger partial charge in [0.1, 0.15) is 10.6 Å². The number of carbonyl (C=O) groups is 1. The molecule has 92 valence electrons. The molecule has 0 atom stereocenters. The van der Waals surface area contributed by atoms with Gasteiger partial charge in [-0.3, -0.25) is 0 Å². The first kappa shape index (κ1) is 13.5. The number of aromatic nitrogens is 2. The number of carboxylic acid groups (broad SMARTS) is 1. The van der Waals surface area contributed by atoms with Gasteiger partial charge in [0.2, 0.25) is 0 Å². The Morgan fingerprint density at radius 3 is 2.76 bits per heavy atom. The molecule has 0 saturated carbocycles. The van der Waals surface area contributed by atoms with Crippen molar-refractivity contribution in [2.75, 3.05) is 5.75 Å². The van der Waals surface area contributed by atoms with Gasteiger partial charge in [-0.15, -0.1) is 11.8 Å². The maximum atomic E-state index is 11.2. The summed E-state index contributed by atoms with van der Waals surface area (Å²) in [5.41, 5.74) is 0.823. The van der Waals surface area contributed by atoms with Crippen LogP contribution < -0.4 is 5.69 Å². The maximum absolute atomic E-state index is 11.2. The number of aryl methyl sites for hydroxylation is 1. The molecule has 0 unspecified atom stereocenters. The van der Waals surface area contributed by atoms with E-state index in [0.717, 1.165) is 12.0 Å². The van der Waals surface area contributed by atoms with Gasteiger partial charge >= 0.3 is 11.7 Å². The molecule has 5 nitrogen and oxygen atoms in total. The Labute approximate surface area is 103 Å². The molecule has 0 saturated heterocycles. The van der Waals surface area contributed by atoms with E-state index < -0.39 is 11.7 Å². The largest absolute Gasteiger partial charge is 0.478 e. The molecule has 1 rings (SSSR count). The fourth-order valence-corrected chi connectivity index (χ4v) is 2.27. The lowest BCUT2D eigenvalue weighted by Gasteiger charge is -2.07. The quantitative estimate of drug-likeness (QED) is 0.476. The van der Waals surface area contributed by atoms with Crippen LogP contribution in [0, 0.1) is 6.92 Å². The van der Waals surface area contributed by atoms with Crippen molar-refractivity contribution >= 4 is 17.7 Å². The summed E-state index contributed by atoms with van der Waals surface area (Å²) in [6.45, 7) is 7.34. The van der Waals surface area contributed by atoms with Crippen LogP contribution in [0.3, 0.4) is 0 Å². The van der Waals surface area contributed by atoms with Gasteiger partial charge in [0.25, 0.3) is 0 Å². The number of nitrogens with zero attached hydrogens (tertiary/aromatic N) is 1. The molecule has 0 amide bonds. The molecular formula is C11H14N2O3S. The number of thioether (sulfide) groups is 1. The number of H-pyrrole nitrogens is 1. The van der Waals surface area contributed by atoms with E-state index >= 15 is 0 Å². The van der Waals surface area contributed by atoms with E-state index in [4.69, 9.17) is 5.11 Å². The second-order valence-corrected chi connectivity index (χ2v) is 4.51. The fourth-order valence-electron chi connectivity index (χ4n) is 1.19. The minimum atomic E-state index is -1.09. The Morgan fingerprint density at radius 2 is 2.24 bits per heavy atom. The summed E-state index contributed by atoms with van der Waals surface area (Å²) >= 11 is 1.22. The van der Waals surface area contributed by atoms with Crippen molar-refractivity contribution in [2.24, 2.45) is 0 Å². The Morgan fingerprint density at radius 1 is 1.59 bits per heavy atom. The van der Waals surface area contributed by atoms with Gasteiger partial charge in [-0.25, -0.2) is 9.59 Å². The highest BCUT2D eigenvalue weighted by Crippen LogP contribution is 2.23. The highest BCUT2D eigenvalue weighted by Gasteiger charge is 2.16. The summed E-state index contributed by atoms with van der Waals surface area (Å²) in [5.74, 6) is -0.525. The summed E-state index contributed by atoms with van der Waals surface area (Å²) in [6.07, 6.45) is 0.817. The number of aromatic amines is 1. The van der Waals surface area contributed by atoms with Crippen molar-refractivity contribution in [1.82, 2.24) is 9.97 Å². The topological polar surface area (TPSA) is 83.0 Å². The first-order valence-corrected chi connectivity index (χ1v) is 6.08. The SMILES string of the molecule is C=C(CC)CSc1nc(=O)[nH]c(C)c1C(=O)O. The van der Waals surface area contributed by atoms with Crippen LogP contribution in [0.5, 0.6) is 0 Å². The highest BCUT2D eigenvalue weighted by molar-refractivity contribution is 7.99. The van der Waals surface area contributed by atoms with Crippen LogP contribution in [0.25, 0.3) is 0 Å². The number of hydrogen-bond acceptors (Lipinski definition) is 4. The molecule has 6 heteroatoms. The molecule has 1 aromatic rings. The van der Waals surface area contributed by atoms with E-state index in [1.807, 2.05) is 6.92 Å². The van der Waals surface area contributed by atoms with Crippen LogP contribution in [0.1, 0.15) is 29.4 Å². The summed E-state index contributed by atoms with van der Waals surface area (Å²) in [6, 6.07) is 0. The van der Waals surface area contributed by atoms with Crippen LogP contribution in [-0.4, -0.2) is 26.8 Å². The van der Waals surface area contributed by atoms with Crippen molar-refractivity contribution in [3.05, 3.63) is 33.9 Å². The van der Waals surface area contributed by atoms with Crippen molar-refractivity contribution in [2.45, 2.75) is 25.3 Å². The minimum Gasteiger partial charge on any atom is -0.478 e. The normalized spacial score (nSPS) is 10.2. The van der Waals surface area contributed by atoms with Gasteiger partial charge in [0.15, 0.2) is 0 Å². The summed E-state index contributed by atoms with van der Waals surface area (Å²) < 4.78 is 0. The van der Waals surface area contributed by atoms with Gasteiger partial charge in [-0.05, 0) is 13.3 Å². The van der Waals surface area contributed by atoms with E-state index in [-0.39, 0.29) is 10.6 Å². The average Bonchev–Trinajstić information content (AvgIpc) is 2.24. The zero-order valence-corrected chi connectivity index (χ0v) is 10.6. The van der Waals surface area contributed by atoms with Crippen LogP contribution >= 0.6 is 11.8 Å². The molecule has 0 radical (unpaired) electrons. The molecule has 0 aromatic carbocycles. The molecule has 0 bridgehead atoms. The van der Waals surface area contributed by atoms with Crippen molar-refractivity contribution in [1.29, 1.82) is 0 Å². The lowest BCUT2D eigenvalue weighted by atomic mass is 10.2. The van der Waals surface area contributed by atoms with E-state index in [0.29, 0.717) is 11.4 Å². The molecule has 0 aliphatic heterocycles. The van der Waals surface area contributed by atoms with E-state index in [1.165, 1.54) is 11.8 Å². The predicted molar refractivity (Wildman–Crippen MR) is 66.7 cm³/mol. The second-order valence-electron chi connectivity index (χ2n) is 3.54. The lowest BCUT2D eigenvalue weighted by Crippen LogP contribution is -2.18. The molecule has 0 aliphatic rings. The zero-order valence-electron chi connectivity index (χ0n) is 9.74. The third-order valence-electron chi connectivity index (χ3n) is 2.21. The first-order valence-electron chi connectivity index (χ1n) is 5.09. The third kappa shape index (κ3) is 3.45. The van der Waals surface area contributed by atoms with Gasteiger partial charge < -0.3 is 10.1 Å². The zero-order chi connectivity index (χ0) is 13.0. The Kier molecular flexibility index (Phi) is 4.51. The van der Waals surface area contributed by atoms with Crippen LogP contribution in [0.2, 0.25) is 0 Å². The number of rotatable bonds is 5. The third-order valence-corrected chi connectivity index (χ3v) is 3.33. The van der Waals surface area contributed by atoms with Crippen molar-refractivity contribution in [3.8, 4) is 0 Å². The minimum absolute atomic E-state index is 0.0542. The summed E-state index contributed by atoms with van der Waals surface area (Å²) in [5, 5.41) is 9.31. The Bertz CT molecular complexity index is 508. The molecule has 2 N–H and O–H groups in total. The second kappa shape index (κ2) is 5.67. The molecule has 1 heterocycles. The molecule has 0 fully saturated rings. The van der Waals surface area contributed by atoms with Crippen molar-refractivity contribution in [3.63, 3.8) is 0 Å².